The number of anilines is 1. The summed E-state index contributed by atoms with van der Waals surface area (Å²) in [5, 5.41) is 11.8. The zero-order valence-corrected chi connectivity index (χ0v) is 11.1. The van der Waals surface area contributed by atoms with Gasteiger partial charge in [0.2, 0.25) is 5.91 Å². The fourth-order valence-corrected chi connectivity index (χ4v) is 1.65. The van der Waals surface area contributed by atoms with Crippen LogP contribution in [0, 0.1) is 0 Å². The quantitative estimate of drug-likeness (QED) is 0.732. The SMILES string of the molecule is COC(CN)CC(=O)Nc1ccc(Cl)cc1C(=O)O. The number of carbonyl (C=O) groups is 2. The molecule has 6 nitrogen and oxygen atoms in total. The molecule has 0 aliphatic rings. The number of aromatic carboxylic acids is 1. The predicted molar refractivity (Wildman–Crippen MR) is 71.5 cm³/mol. The van der Waals surface area contributed by atoms with E-state index in [1.807, 2.05) is 0 Å². The molecule has 0 spiro atoms. The van der Waals surface area contributed by atoms with Crippen molar-refractivity contribution < 1.29 is 19.4 Å². The Bertz CT molecular complexity index is 475. The summed E-state index contributed by atoms with van der Waals surface area (Å²) in [7, 11) is 1.45. The number of hydrogen-bond donors (Lipinski definition) is 3. The number of amides is 1. The van der Waals surface area contributed by atoms with Crippen molar-refractivity contribution in [3.8, 4) is 0 Å². The molecule has 1 atom stereocenters. The van der Waals surface area contributed by atoms with Gasteiger partial charge in [0.25, 0.3) is 0 Å². The van der Waals surface area contributed by atoms with Crippen molar-refractivity contribution in [1.82, 2.24) is 0 Å². The van der Waals surface area contributed by atoms with Gasteiger partial charge in [-0.1, -0.05) is 11.6 Å². The molecule has 0 radical (unpaired) electrons. The van der Waals surface area contributed by atoms with Gasteiger partial charge in [-0.25, -0.2) is 4.79 Å². The van der Waals surface area contributed by atoms with Crippen molar-refractivity contribution in [2.75, 3.05) is 19.0 Å². The molecule has 7 heteroatoms. The first-order chi connectivity index (χ1) is 8.97. The molecule has 1 aromatic carbocycles. The van der Waals surface area contributed by atoms with Crippen molar-refractivity contribution in [2.45, 2.75) is 12.5 Å². The van der Waals surface area contributed by atoms with E-state index in [4.69, 9.17) is 27.2 Å². The van der Waals surface area contributed by atoms with E-state index in [1.54, 1.807) is 0 Å². The summed E-state index contributed by atoms with van der Waals surface area (Å²) in [6.07, 6.45) is -0.352. The molecular formula is C12H15ClN2O4. The summed E-state index contributed by atoms with van der Waals surface area (Å²) in [6.45, 7) is 0.205. The van der Waals surface area contributed by atoms with Gasteiger partial charge in [0.05, 0.1) is 23.8 Å². The Kier molecular flexibility index (Phi) is 5.75. The van der Waals surface area contributed by atoms with Crippen LogP contribution < -0.4 is 11.1 Å². The van der Waals surface area contributed by atoms with Crippen LogP contribution >= 0.6 is 11.6 Å². The van der Waals surface area contributed by atoms with E-state index in [-0.39, 0.29) is 35.1 Å². The highest BCUT2D eigenvalue weighted by molar-refractivity contribution is 6.31. The number of benzene rings is 1. The second-order valence-corrected chi connectivity index (χ2v) is 4.28. The maximum absolute atomic E-state index is 11.7. The third-order valence-corrected chi connectivity index (χ3v) is 2.73. The number of nitrogens with two attached hydrogens (primary N) is 1. The van der Waals surface area contributed by atoms with Gasteiger partial charge in [0.1, 0.15) is 0 Å². The third kappa shape index (κ3) is 4.51. The number of halogens is 1. The molecule has 1 aromatic rings. The standard InChI is InChI=1S/C12H15ClN2O4/c1-19-8(6-14)5-11(16)15-10-3-2-7(13)4-9(10)12(17)18/h2-4,8H,5-6,14H2,1H3,(H,15,16)(H,17,18). The zero-order chi connectivity index (χ0) is 14.4. The number of rotatable bonds is 6. The lowest BCUT2D eigenvalue weighted by atomic mass is 10.1. The number of methoxy groups -OCH3 is 1. The Morgan fingerprint density at radius 3 is 2.74 bits per heavy atom. The van der Waals surface area contributed by atoms with E-state index in [1.165, 1.54) is 25.3 Å². The first-order valence-electron chi connectivity index (χ1n) is 5.53. The Morgan fingerprint density at radius 1 is 1.53 bits per heavy atom. The molecule has 0 saturated heterocycles. The van der Waals surface area contributed by atoms with E-state index < -0.39 is 12.1 Å². The van der Waals surface area contributed by atoms with Gasteiger partial charge in [-0.05, 0) is 18.2 Å². The van der Waals surface area contributed by atoms with Gasteiger partial charge >= 0.3 is 5.97 Å². The van der Waals surface area contributed by atoms with Crippen LogP contribution in [0.5, 0.6) is 0 Å². The number of nitrogens with one attached hydrogen (secondary N) is 1. The molecule has 1 rings (SSSR count). The average molecular weight is 287 g/mol. The molecule has 104 valence electrons. The molecule has 0 heterocycles. The van der Waals surface area contributed by atoms with Crippen LogP contribution in [-0.2, 0) is 9.53 Å². The number of carbonyl (C=O) groups excluding carboxylic acids is 1. The Morgan fingerprint density at radius 2 is 2.21 bits per heavy atom. The van der Waals surface area contributed by atoms with Gasteiger partial charge < -0.3 is 20.9 Å². The lowest BCUT2D eigenvalue weighted by Gasteiger charge is -2.13. The molecule has 0 fully saturated rings. The first-order valence-corrected chi connectivity index (χ1v) is 5.91. The number of carboxylic acid groups (broad SMARTS) is 1. The molecule has 0 aliphatic carbocycles. The molecule has 19 heavy (non-hydrogen) atoms. The van der Waals surface area contributed by atoms with E-state index in [0.29, 0.717) is 0 Å². The van der Waals surface area contributed by atoms with Gasteiger partial charge in [0, 0.05) is 18.7 Å². The molecule has 0 aliphatic heterocycles. The zero-order valence-electron chi connectivity index (χ0n) is 10.4. The molecule has 0 bridgehead atoms. The van der Waals surface area contributed by atoms with Crippen molar-refractivity contribution >= 4 is 29.2 Å². The molecule has 0 aromatic heterocycles. The highest BCUT2D eigenvalue weighted by Crippen LogP contribution is 2.21. The lowest BCUT2D eigenvalue weighted by molar-refractivity contribution is -0.118. The van der Waals surface area contributed by atoms with Gasteiger partial charge in [-0.2, -0.15) is 0 Å². The maximum atomic E-state index is 11.7. The first kappa shape index (κ1) is 15.4. The second-order valence-electron chi connectivity index (χ2n) is 3.84. The highest BCUT2D eigenvalue weighted by Gasteiger charge is 2.16. The minimum atomic E-state index is -1.17. The lowest BCUT2D eigenvalue weighted by Crippen LogP contribution is -2.28. The molecule has 1 unspecified atom stereocenters. The molecule has 4 N–H and O–H groups in total. The number of carboxylic acids is 1. The minimum Gasteiger partial charge on any atom is -0.478 e. The monoisotopic (exact) mass is 286 g/mol. The van der Waals surface area contributed by atoms with Crippen molar-refractivity contribution in [3.63, 3.8) is 0 Å². The van der Waals surface area contributed by atoms with Crippen LogP contribution in [0.2, 0.25) is 5.02 Å². The Balaban J connectivity index is 2.82. The molecule has 0 saturated carbocycles. The summed E-state index contributed by atoms with van der Waals surface area (Å²) < 4.78 is 4.98. The van der Waals surface area contributed by atoms with Gasteiger partial charge in [-0.3, -0.25) is 4.79 Å². The van der Waals surface area contributed by atoms with Gasteiger partial charge in [-0.15, -0.1) is 0 Å². The summed E-state index contributed by atoms with van der Waals surface area (Å²) in [4.78, 5) is 22.8. The fraction of sp³-hybridized carbons (Fsp3) is 0.333. The summed E-state index contributed by atoms with van der Waals surface area (Å²) >= 11 is 5.71. The Hall–Kier alpha value is -1.63. The predicted octanol–water partition coefficient (Wildman–Crippen LogP) is 1.34. The van der Waals surface area contributed by atoms with Crippen molar-refractivity contribution in [3.05, 3.63) is 28.8 Å². The molecule has 1 amide bonds. The van der Waals surface area contributed by atoms with E-state index in [9.17, 15) is 9.59 Å². The third-order valence-electron chi connectivity index (χ3n) is 2.50. The van der Waals surface area contributed by atoms with Crippen LogP contribution in [-0.4, -0.2) is 36.7 Å². The topological polar surface area (TPSA) is 102 Å². The summed E-state index contributed by atoms with van der Waals surface area (Å²) in [5.74, 6) is -1.54. The van der Waals surface area contributed by atoms with Crippen LogP contribution in [0.1, 0.15) is 16.8 Å². The normalized spacial score (nSPS) is 11.9. The number of ether oxygens (including phenoxy) is 1. The minimum absolute atomic E-state index is 0.0503. The molecular weight excluding hydrogens is 272 g/mol. The van der Waals surface area contributed by atoms with E-state index in [2.05, 4.69) is 5.32 Å². The average Bonchev–Trinajstić information content (AvgIpc) is 2.37. The summed E-state index contributed by atoms with van der Waals surface area (Å²) in [5.41, 5.74) is 5.53. The number of hydrogen-bond acceptors (Lipinski definition) is 4. The van der Waals surface area contributed by atoms with E-state index >= 15 is 0 Å². The van der Waals surface area contributed by atoms with Crippen molar-refractivity contribution in [1.29, 1.82) is 0 Å². The van der Waals surface area contributed by atoms with Crippen LogP contribution in [0.15, 0.2) is 18.2 Å². The smallest absolute Gasteiger partial charge is 0.337 e. The fourth-order valence-electron chi connectivity index (χ4n) is 1.47. The Labute approximate surface area is 115 Å². The van der Waals surface area contributed by atoms with Gasteiger partial charge in [0.15, 0.2) is 0 Å². The summed E-state index contributed by atoms with van der Waals surface area (Å²) in [6, 6.07) is 4.21. The largest absolute Gasteiger partial charge is 0.478 e. The van der Waals surface area contributed by atoms with E-state index in [0.717, 1.165) is 0 Å². The highest BCUT2D eigenvalue weighted by atomic mass is 35.5. The second kappa shape index (κ2) is 7.08. The maximum Gasteiger partial charge on any atom is 0.337 e. The van der Waals surface area contributed by atoms with Crippen LogP contribution in [0.25, 0.3) is 0 Å². The van der Waals surface area contributed by atoms with Crippen LogP contribution in [0.4, 0.5) is 5.69 Å². The van der Waals surface area contributed by atoms with Crippen molar-refractivity contribution in [2.24, 2.45) is 5.73 Å². The van der Waals surface area contributed by atoms with Crippen LogP contribution in [0.3, 0.4) is 0 Å².